The molecule has 9 nitrogen and oxygen atoms in total. The van der Waals surface area contributed by atoms with Crippen LogP contribution in [0, 0.1) is 12.0 Å². The molecule has 0 saturated carbocycles. The maximum Gasteiger partial charge on any atom is 0.238 e. The van der Waals surface area contributed by atoms with Gasteiger partial charge in [0.2, 0.25) is 10.0 Å². The normalized spacial score (nSPS) is 15.7. The number of hydrogen-bond acceptors (Lipinski definition) is 8. The number of oxazole rings is 1. The predicted octanol–water partition coefficient (Wildman–Crippen LogP) is 3.55. The highest BCUT2D eigenvalue weighted by molar-refractivity contribution is 7.89. The highest BCUT2D eigenvalue weighted by Gasteiger charge is 2.32. The van der Waals surface area contributed by atoms with Gasteiger partial charge in [-0.15, -0.1) is 0 Å². The number of rotatable bonds is 6. The van der Waals surface area contributed by atoms with E-state index in [9.17, 15) is 13.5 Å². The summed E-state index contributed by atoms with van der Waals surface area (Å²) in [5, 5.41) is 16.2. The largest absolute Gasteiger partial charge is 0.443 e. The summed E-state index contributed by atoms with van der Waals surface area (Å²) in [6, 6.07) is 17.3. The molecule has 1 unspecified atom stereocenters. The average Bonchev–Trinajstić information content (AvgIpc) is 3.41. The van der Waals surface area contributed by atoms with E-state index >= 15 is 0 Å². The van der Waals surface area contributed by atoms with Gasteiger partial charge in [0.1, 0.15) is 11.8 Å². The van der Waals surface area contributed by atoms with Crippen LogP contribution in [-0.2, 0) is 20.4 Å². The number of aliphatic hydroxyl groups is 1. The van der Waals surface area contributed by atoms with Crippen LogP contribution in [0.1, 0.15) is 35.6 Å². The van der Waals surface area contributed by atoms with Gasteiger partial charge >= 0.3 is 0 Å². The number of aromatic nitrogens is 2. The minimum atomic E-state index is -3.82. The van der Waals surface area contributed by atoms with Gasteiger partial charge in [0.15, 0.2) is 17.9 Å². The Kier molecular flexibility index (Phi) is 7.26. The number of pyridine rings is 1. The van der Waals surface area contributed by atoms with Crippen LogP contribution in [0.15, 0.2) is 88.8 Å². The van der Waals surface area contributed by atoms with Crippen LogP contribution in [0.25, 0.3) is 11.3 Å². The Morgan fingerprint density at radius 2 is 1.79 bits per heavy atom. The summed E-state index contributed by atoms with van der Waals surface area (Å²) in [5.74, 6) is 3.45. The molecular formula is C28H25N3O6S. The first-order valence-corrected chi connectivity index (χ1v) is 13.4. The Labute approximate surface area is 220 Å². The molecule has 0 bridgehead atoms. The van der Waals surface area contributed by atoms with E-state index < -0.39 is 21.5 Å². The Hall–Kier alpha value is -4.01. The molecule has 3 heterocycles. The molecule has 1 saturated heterocycles. The van der Waals surface area contributed by atoms with Crippen LogP contribution in [0.4, 0.5) is 0 Å². The quantitative estimate of drug-likeness (QED) is 0.360. The molecule has 1 aliphatic rings. The second-order valence-electron chi connectivity index (χ2n) is 8.88. The molecule has 0 amide bonds. The molecule has 10 heteroatoms. The smallest absolute Gasteiger partial charge is 0.238 e. The SMILES string of the molecule is NS(=O)(=O)c1ccc(-c2ocnc2C(C#COc2cncc(C3(O)CCOCC3)c2)c2ccccc2)cc1. The van der Waals surface area contributed by atoms with E-state index in [1.165, 1.54) is 24.7 Å². The summed E-state index contributed by atoms with van der Waals surface area (Å²) in [7, 11) is -3.82. The summed E-state index contributed by atoms with van der Waals surface area (Å²) >= 11 is 0. The molecule has 0 aliphatic carbocycles. The van der Waals surface area contributed by atoms with Gasteiger partial charge in [0, 0.05) is 43.4 Å². The van der Waals surface area contributed by atoms with Crippen LogP contribution >= 0.6 is 0 Å². The van der Waals surface area contributed by atoms with Crippen LogP contribution in [0.3, 0.4) is 0 Å². The Morgan fingerprint density at radius 1 is 1.05 bits per heavy atom. The molecule has 5 rings (SSSR count). The first kappa shape index (κ1) is 25.6. The number of sulfonamides is 1. The lowest BCUT2D eigenvalue weighted by atomic mass is 9.87. The van der Waals surface area contributed by atoms with Crippen molar-refractivity contribution in [2.75, 3.05) is 13.2 Å². The van der Waals surface area contributed by atoms with Crippen LogP contribution < -0.4 is 9.88 Å². The zero-order chi connectivity index (χ0) is 26.6. The van der Waals surface area contributed by atoms with Gasteiger partial charge in [-0.25, -0.2) is 18.5 Å². The number of ether oxygens (including phenoxy) is 2. The van der Waals surface area contributed by atoms with Crippen molar-refractivity contribution in [3.63, 3.8) is 0 Å². The monoisotopic (exact) mass is 531 g/mol. The Bertz CT molecular complexity index is 1570. The first-order valence-electron chi connectivity index (χ1n) is 11.9. The number of nitrogens with zero attached hydrogens (tertiary/aromatic N) is 2. The third-order valence-electron chi connectivity index (χ3n) is 6.39. The van der Waals surface area contributed by atoms with Gasteiger partial charge in [-0.05, 0) is 41.8 Å². The van der Waals surface area contributed by atoms with E-state index in [4.69, 9.17) is 19.0 Å². The molecule has 2 aromatic carbocycles. The summed E-state index contributed by atoms with van der Waals surface area (Å²) in [6.45, 7) is 0.954. The van der Waals surface area contributed by atoms with Crippen molar-refractivity contribution >= 4 is 10.0 Å². The molecule has 0 radical (unpaired) electrons. The third-order valence-corrected chi connectivity index (χ3v) is 7.32. The molecule has 3 N–H and O–H groups in total. The summed E-state index contributed by atoms with van der Waals surface area (Å²) in [5.41, 5.74) is 1.66. The lowest BCUT2D eigenvalue weighted by Gasteiger charge is -2.32. The second kappa shape index (κ2) is 10.8. The zero-order valence-electron chi connectivity index (χ0n) is 20.3. The maximum atomic E-state index is 11.6. The first-order chi connectivity index (χ1) is 18.3. The fourth-order valence-electron chi connectivity index (χ4n) is 4.30. The van der Waals surface area contributed by atoms with Crippen molar-refractivity contribution in [2.24, 2.45) is 5.14 Å². The number of nitrogens with two attached hydrogens (primary N) is 1. The maximum absolute atomic E-state index is 11.6. The molecule has 1 aliphatic heterocycles. The van der Waals surface area contributed by atoms with E-state index in [0.717, 1.165) is 5.56 Å². The number of primary sulfonamides is 1. The topological polar surface area (TPSA) is 138 Å². The van der Waals surface area contributed by atoms with E-state index in [0.29, 0.717) is 54.4 Å². The fourth-order valence-corrected chi connectivity index (χ4v) is 4.82. The molecule has 1 atom stereocenters. The van der Waals surface area contributed by atoms with Crippen LogP contribution in [0.5, 0.6) is 5.75 Å². The molecule has 4 aromatic rings. The van der Waals surface area contributed by atoms with Gasteiger partial charge in [-0.2, -0.15) is 0 Å². The van der Waals surface area contributed by atoms with E-state index in [-0.39, 0.29) is 4.90 Å². The van der Waals surface area contributed by atoms with Crippen molar-refractivity contribution < 1.29 is 27.4 Å². The minimum absolute atomic E-state index is 0.00336. The summed E-state index contributed by atoms with van der Waals surface area (Å²) in [4.78, 5) is 8.64. The van der Waals surface area contributed by atoms with Crippen molar-refractivity contribution in [1.29, 1.82) is 0 Å². The minimum Gasteiger partial charge on any atom is -0.443 e. The highest BCUT2D eigenvalue weighted by atomic mass is 32.2. The average molecular weight is 532 g/mol. The lowest BCUT2D eigenvalue weighted by Crippen LogP contribution is -2.33. The van der Waals surface area contributed by atoms with Crippen LogP contribution in [0.2, 0.25) is 0 Å². The molecule has 1 fully saturated rings. The van der Waals surface area contributed by atoms with Gasteiger partial charge in [-0.3, -0.25) is 4.98 Å². The van der Waals surface area contributed by atoms with Gasteiger partial charge in [0.25, 0.3) is 0 Å². The second-order valence-corrected chi connectivity index (χ2v) is 10.4. The molecule has 38 heavy (non-hydrogen) atoms. The molecule has 194 valence electrons. The van der Waals surface area contributed by atoms with Crippen molar-refractivity contribution in [3.8, 4) is 29.1 Å². The standard InChI is InChI=1S/C28H25N3O6S/c29-38(33,34)24-8-6-21(7-9-24)27-26(31-19-37-27)25(20-4-2-1-3-5-20)10-13-36-23-16-22(17-30-18-23)28(32)11-14-35-15-12-28/h1-9,16-19,25,32H,11-12,14-15H2,(H2,29,33,34). The highest BCUT2D eigenvalue weighted by Crippen LogP contribution is 2.34. The fraction of sp³-hybridized carbons (Fsp3) is 0.214. The molecule has 0 spiro atoms. The lowest BCUT2D eigenvalue weighted by molar-refractivity contribution is -0.0681. The van der Waals surface area contributed by atoms with Crippen molar-refractivity contribution in [1.82, 2.24) is 9.97 Å². The van der Waals surface area contributed by atoms with Crippen LogP contribution in [-0.4, -0.2) is 36.7 Å². The summed E-state index contributed by atoms with van der Waals surface area (Å²) < 4.78 is 40.1. The predicted molar refractivity (Wildman–Crippen MR) is 138 cm³/mol. The van der Waals surface area contributed by atoms with Gasteiger partial charge in [0.05, 0.1) is 22.6 Å². The molecular weight excluding hydrogens is 506 g/mol. The van der Waals surface area contributed by atoms with Crippen molar-refractivity contribution in [2.45, 2.75) is 29.3 Å². The van der Waals surface area contributed by atoms with Gasteiger partial charge in [-0.1, -0.05) is 30.3 Å². The Morgan fingerprint density at radius 3 is 2.50 bits per heavy atom. The third kappa shape index (κ3) is 5.61. The summed E-state index contributed by atoms with van der Waals surface area (Å²) in [6.07, 6.45) is 8.20. The van der Waals surface area contributed by atoms with Crippen molar-refractivity contribution in [3.05, 3.63) is 96.3 Å². The van der Waals surface area contributed by atoms with E-state index in [1.807, 2.05) is 30.3 Å². The van der Waals surface area contributed by atoms with E-state index in [1.54, 1.807) is 24.4 Å². The Balaban J connectivity index is 1.45. The zero-order valence-corrected chi connectivity index (χ0v) is 21.1. The molecule has 2 aromatic heterocycles. The van der Waals surface area contributed by atoms with E-state index in [2.05, 4.69) is 22.0 Å². The number of hydrogen-bond donors (Lipinski definition) is 2. The number of benzene rings is 2. The van der Waals surface area contributed by atoms with Gasteiger partial charge < -0.3 is 19.0 Å².